The van der Waals surface area contributed by atoms with Crippen LogP contribution in [0.5, 0.6) is 0 Å². The molecule has 1 fully saturated rings. The second kappa shape index (κ2) is 9.66. The van der Waals surface area contributed by atoms with E-state index in [9.17, 15) is 18.3 Å². The van der Waals surface area contributed by atoms with Crippen LogP contribution in [0.1, 0.15) is 51.7 Å². The van der Waals surface area contributed by atoms with Crippen molar-refractivity contribution in [1.29, 1.82) is 0 Å². The van der Waals surface area contributed by atoms with Crippen molar-refractivity contribution >= 4 is 11.7 Å². The molecular weight excluding hydrogens is 459 g/mol. The number of nitrogens with zero attached hydrogens (tertiary/aromatic N) is 3. The van der Waals surface area contributed by atoms with Crippen molar-refractivity contribution in [2.75, 3.05) is 19.6 Å². The topological polar surface area (TPSA) is 81.5 Å². The van der Waals surface area contributed by atoms with Gasteiger partial charge in [0.25, 0.3) is 6.02 Å². The summed E-state index contributed by atoms with van der Waals surface area (Å²) in [6, 6.07) is 5.73. The number of aliphatic imine (C=N–C) groups is 2. The molecule has 3 heterocycles. The van der Waals surface area contributed by atoms with Crippen molar-refractivity contribution in [3.8, 4) is 0 Å². The Morgan fingerprint density at radius 3 is 2.34 bits per heavy atom. The van der Waals surface area contributed by atoms with E-state index in [4.69, 9.17) is 4.74 Å². The number of benzene rings is 1. The number of hydrogen-bond acceptors (Lipinski definition) is 7. The summed E-state index contributed by atoms with van der Waals surface area (Å²) in [6.07, 6.45) is -1.56. The van der Waals surface area contributed by atoms with Crippen LogP contribution in [0.3, 0.4) is 0 Å². The van der Waals surface area contributed by atoms with E-state index in [0.29, 0.717) is 29.5 Å². The third-order valence-corrected chi connectivity index (χ3v) is 6.46. The van der Waals surface area contributed by atoms with Gasteiger partial charge in [-0.1, -0.05) is 12.1 Å². The molecule has 10 heteroatoms. The molecule has 7 nitrogen and oxygen atoms in total. The summed E-state index contributed by atoms with van der Waals surface area (Å²) in [5.41, 5.74) is 0.847. The van der Waals surface area contributed by atoms with Crippen LogP contribution >= 0.6 is 0 Å². The van der Waals surface area contributed by atoms with Gasteiger partial charge in [0.1, 0.15) is 5.76 Å². The Morgan fingerprint density at radius 2 is 1.77 bits per heavy atom. The van der Waals surface area contributed by atoms with Crippen molar-refractivity contribution < 1.29 is 23.0 Å². The maximum absolute atomic E-state index is 13.0. The molecule has 1 unspecified atom stereocenters. The van der Waals surface area contributed by atoms with Gasteiger partial charge < -0.3 is 20.1 Å². The Bertz CT molecular complexity index is 1060. The van der Waals surface area contributed by atoms with Gasteiger partial charge in [-0.15, -0.1) is 0 Å². The minimum absolute atomic E-state index is 0.157. The van der Waals surface area contributed by atoms with E-state index in [1.807, 2.05) is 13.8 Å². The van der Waals surface area contributed by atoms with Gasteiger partial charge in [-0.2, -0.15) is 13.2 Å². The van der Waals surface area contributed by atoms with Gasteiger partial charge in [-0.25, -0.2) is 9.98 Å². The van der Waals surface area contributed by atoms with E-state index in [2.05, 4.69) is 25.5 Å². The molecule has 4 rings (SSSR count). The molecule has 0 radical (unpaired) electrons. The number of amidine groups is 1. The largest absolute Gasteiger partial charge is 0.431 e. The fourth-order valence-corrected chi connectivity index (χ4v) is 4.13. The van der Waals surface area contributed by atoms with E-state index in [0.717, 1.165) is 49.4 Å². The van der Waals surface area contributed by atoms with Crippen LogP contribution in [0.2, 0.25) is 0 Å². The minimum Gasteiger partial charge on any atom is -0.431 e. The zero-order valence-corrected chi connectivity index (χ0v) is 20.4. The Kier molecular flexibility index (Phi) is 6.97. The monoisotopic (exact) mass is 491 g/mol. The Balaban J connectivity index is 1.44. The summed E-state index contributed by atoms with van der Waals surface area (Å²) in [4.78, 5) is 11.4. The molecule has 0 saturated carbocycles. The fourth-order valence-electron chi connectivity index (χ4n) is 4.13. The molecule has 190 valence electrons. The fraction of sp³-hybridized carbons (Fsp3) is 0.520. The Hall–Kier alpha value is -2.85. The highest BCUT2D eigenvalue weighted by atomic mass is 19.4. The molecule has 0 aromatic heterocycles. The minimum atomic E-state index is -4.40. The van der Waals surface area contributed by atoms with Crippen LogP contribution in [0.4, 0.5) is 13.2 Å². The predicted molar refractivity (Wildman–Crippen MR) is 129 cm³/mol. The van der Waals surface area contributed by atoms with Crippen LogP contribution in [0, 0.1) is 0 Å². The van der Waals surface area contributed by atoms with Gasteiger partial charge in [0.15, 0.2) is 6.29 Å². The van der Waals surface area contributed by atoms with Crippen LogP contribution in [-0.4, -0.2) is 59.3 Å². The summed E-state index contributed by atoms with van der Waals surface area (Å²) in [5.74, 6) is 0.901. The third kappa shape index (κ3) is 6.05. The number of ether oxygens (including phenoxy) is 1. The average Bonchev–Trinajstić information content (AvgIpc) is 2.80. The van der Waals surface area contributed by atoms with Crippen molar-refractivity contribution in [3.05, 3.63) is 58.5 Å². The van der Waals surface area contributed by atoms with Gasteiger partial charge in [0.2, 0.25) is 0 Å². The SMILES string of the molecule is CC1=C(C)OC(N2CCC(NC3N=C(c4ccc(C(F)(F)F)cc4)C=C(C(C)(C)O)N3)CC2)=NC1. The quantitative estimate of drug-likeness (QED) is 0.598. The normalized spacial score (nSPS) is 22.2. The van der Waals surface area contributed by atoms with Gasteiger partial charge in [0, 0.05) is 24.8 Å². The zero-order chi connectivity index (χ0) is 25.4. The Labute approximate surface area is 203 Å². The number of allylic oxidation sites excluding steroid dienone is 2. The molecular formula is C25H32F3N5O2. The molecule has 0 spiro atoms. The number of piperidine rings is 1. The molecule has 3 aliphatic heterocycles. The van der Waals surface area contributed by atoms with Gasteiger partial charge in [-0.05, 0) is 69.9 Å². The summed E-state index contributed by atoms with van der Waals surface area (Å²) in [6.45, 7) is 9.48. The number of halogens is 3. The summed E-state index contributed by atoms with van der Waals surface area (Å²) < 4.78 is 44.8. The molecule has 0 amide bonds. The Morgan fingerprint density at radius 1 is 1.11 bits per heavy atom. The van der Waals surface area contributed by atoms with Crippen LogP contribution in [-0.2, 0) is 10.9 Å². The number of hydrogen-bond donors (Lipinski definition) is 3. The number of alkyl halides is 3. The van der Waals surface area contributed by atoms with Crippen molar-refractivity contribution in [2.24, 2.45) is 9.98 Å². The van der Waals surface area contributed by atoms with E-state index in [1.54, 1.807) is 19.9 Å². The lowest BCUT2D eigenvalue weighted by Gasteiger charge is -2.37. The maximum atomic E-state index is 13.0. The van der Waals surface area contributed by atoms with E-state index >= 15 is 0 Å². The first-order valence-electron chi connectivity index (χ1n) is 11.8. The highest BCUT2D eigenvalue weighted by Crippen LogP contribution is 2.30. The zero-order valence-electron chi connectivity index (χ0n) is 20.4. The maximum Gasteiger partial charge on any atom is 0.416 e. The average molecular weight is 492 g/mol. The standard InChI is InChI=1S/C25H32F3N5O2/c1-15-14-29-23(35-16(15)2)33-11-9-19(10-12-33)30-22-31-20(13-21(32-22)24(3,4)34)17-5-7-18(8-6-17)25(26,27)28/h5-8,13,19,22,30,32,34H,9-12,14H2,1-4H3. The molecule has 0 aliphatic carbocycles. The first kappa shape index (κ1) is 25.2. The lowest BCUT2D eigenvalue weighted by molar-refractivity contribution is -0.137. The number of aliphatic hydroxyl groups is 1. The number of likely N-dealkylation sites (tertiary alicyclic amines) is 1. The molecule has 1 atom stereocenters. The number of rotatable bonds is 4. The molecule has 3 aliphatic rings. The lowest BCUT2D eigenvalue weighted by Crippen LogP contribution is -2.54. The summed E-state index contributed by atoms with van der Waals surface area (Å²) >= 11 is 0. The van der Waals surface area contributed by atoms with Gasteiger partial charge in [0.05, 0.1) is 23.4 Å². The first-order valence-corrected chi connectivity index (χ1v) is 11.8. The summed E-state index contributed by atoms with van der Waals surface area (Å²) in [7, 11) is 0. The molecule has 1 aromatic carbocycles. The van der Waals surface area contributed by atoms with Crippen LogP contribution in [0.25, 0.3) is 0 Å². The van der Waals surface area contributed by atoms with E-state index in [-0.39, 0.29) is 6.04 Å². The third-order valence-electron chi connectivity index (χ3n) is 6.46. The lowest BCUT2D eigenvalue weighted by atomic mass is 9.99. The van der Waals surface area contributed by atoms with Crippen molar-refractivity contribution in [1.82, 2.24) is 15.5 Å². The summed E-state index contributed by atoms with van der Waals surface area (Å²) in [5, 5.41) is 17.3. The molecule has 35 heavy (non-hydrogen) atoms. The van der Waals surface area contributed by atoms with Crippen molar-refractivity contribution in [2.45, 2.75) is 64.6 Å². The molecule has 1 aromatic rings. The molecule has 0 bridgehead atoms. The molecule has 1 saturated heterocycles. The second-order valence-corrected chi connectivity index (χ2v) is 9.72. The van der Waals surface area contributed by atoms with E-state index < -0.39 is 23.6 Å². The smallest absolute Gasteiger partial charge is 0.416 e. The van der Waals surface area contributed by atoms with Crippen LogP contribution < -0.4 is 10.6 Å². The number of nitrogens with one attached hydrogen (secondary N) is 2. The second-order valence-electron chi connectivity index (χ2n) is 9.72. The molecule has 3 N–H and O–H groups in total. The van der Waals surface area contributed by atoms with Crippen molar-refractivity contribution in [3.63, 3.8) is 0 Å². The highest BCUT2D eigenvalue weighted by Gasteiger charge is 2.32. The van der Waals surface area contributed by atoms with Gasteiger partial charge >= 0.3 is 6.18 Å². The highest BCUT2D eigenvalue weighted by molar-refractivity contribution is 6.09. The van der Waals surface area contributed by atoms with Crippen LogP contribution in [0.15, 0.2) is 57.4 Å². The first-order chi connectivity index (χ1) is 16.4. The van der Waals surface area contributed by atoms with E-state index in [1.165, 1.54) is 12.1 Å². The van der Waals surface area contributed by atoms with Gasteiger partial charge in [-0.3, -0.25) is 5.32 Å². The predicted octanol–water partition coefficient (Wildman–Crippen LogP) is 3.77.